The highest BCUT2D eigenvalue weighted by atomic mass is 16.3. The highest BCUT2D eigenvalue weighted by Gasteiger charge is 2.14. The third-order valence-corrected chi connectivity index (χ3v) is 3.15. The fourth-order valence-corrected chi connectivity index (χ4v) is 2.19. The zero-order chi connectivity index (χ0) is 14.5. The van der Waals surface area contributed by atoms with Gasteiger partial charge < -0.3 is 10.4 Å². The van der Waals surface area contributed by atoms with E-state index < -0.39 is 0 Å². The number of benzene rings is 1. The first-order valence-corrected chi connectivity index (χ1v) is 6.46. The zero-order valence-corrected chi connectivity index (χ0v) is 11.6. The van der Waals surface area contributed by atoms with Gasteiger partial charge >= 0.3 is 0 Å². The van der Waals surface area contributed by atoms with E-state index in [1.165, 1.54) is 0 Å². The Morgan fingerprint density at radius 3 is 2.60 bits per heavy atom. The number of aromatic nitrogens is 1. The maximum atomic E-state index is 9.58. The summed E-state index contributed by atoms with van der Waals surface area (Å²) in [6.07, 6.45) is 0. The van der Waals surface area contributed by atoms with Gasteiger partial charge in [0, 0.05) is 5.69 Å². The molecule has 0 radical (unpaired) electrons. The zero-order valence-electron chi connectivity index (χ0n) is 11.6. The Balaban J connectivity index is 2.36. The monoisotopic (exact) mass is 267 g/mol. The molecule has 4 heteroatoms. The Labute approximate surface area is 118 Å². The Bertz CT molecular complexity index is 632. The Morgan fingerprint density at radius 2 is 2.00 bits per heavy atom. The molecule has 1 atom stereocenters. The largest absolute Gasteiger partial charge is 0.394 e. The van der Waals surface area contributed by atoms with Gasteiger partial charge in [0.25, 0.3) is 0 Å². The lowest BCUT2D eigenvalue weighted by atomic mass is 10.1. The average Bonchev–Trinajstić information content (AvgIpc) is 2.45. The van der Waals surface area contributed by atoms with Crippen LogP contribution < -0.4 is 5.32 Å². The summed E-state index contributed by atoms with van der Waals surface area (Å²) in [5.41, 5.74) is 3.74. The number of nitrogens with one attached hydrogen (secondary N) is 1. The van der Waals surface area contributed by atoms with Crippen molar-refractivity contribution >= 4 is 5.69 Å². The number of nitriles is 1. The first-order chi connectivity index (χ1) is 9.65. The van der Waals surface area contributed by atoms with E-state index in [0.29, 0.717) is 16.9 Å². The number of rotatable bonds is 4. The molecule has 102 valence electrons. The lowest BCUT2D eigenvalue weighted by Crippen LogP contribution is -2.16. The van der Waals surface area contributed by atoms with E-state index >= 15 is 0 Å². The fourth-order valence-electron chi connectivity index (χ4n) is 2.19. The Morgan fingerprint density at radius 1 is 1.30 bits per heavy atom. The van der Waals surface area contributed by atoms with Crippen LogP contribution in [0.2, 0.25) is 0 Å². The SMILES string of the molecule is Cc1cc(NC(CO)c2ccccc2)c(C#N)c(C)n1. The van der Waals surface area contributed by atoms with Gasteiger partial charge in [-0.1, -0.05) is 30.3 Å². The van der Waals surface area contributed by atoms with Gasteiger partial charge in [0.1, 0.15) is 6.07 Å². The molecule has 1 heterocycles. The molecule has 1 unspecified atom stereocenters. The summed E-state index contributed by atoms with van der Waals surface area (Å²) in [7, 11) is 0. The van der Waals surface area contributed by atoms with Crippen LogP contribution in [0.15, 0.2) is 36.4 Å². The van der Waals surface area contributed by atoms with Crippen molar-refractivity contribution in [2.75, 3.05) is 11.9 Å². The molecule has 0 aliphatic carbocycles. The van der Waals surface area contributed by atoms with Gasteiger partial charge in [-0.05, 0) is 25.5 Å². The molecule has 2 N–H and O–H groups in total. The summed E-state index contributed by atoms with van der Waals surface area (Å²) >= 11 is 0. The molecule has 0 spiro atoms. The van der Waals surface area contributed by atoms with Crippen LogP contribution in [0.3, 0.4) is 0 Å². The second-order valence-electron chi connectivity index (χ2n) is 4.67. The van der Waals surface area contributed by atoms with Crippen molar-refractivity contribution in [3.8, 4) is 6.07 Å². The number of aliphatic hydroxyl groups is 1. The predicted octanol–water partition coefficient (Wildman–Crippen LogP) is 2.72. The summed E-state index contributed by atoms with van der Waals surface area (Å²) in [5, 5.41) is 22.1. The van der Waals surface area contributed by atoms with Crippen molar-refractivity contribution in [1.29, 1.82) is 5.26 Å². The Kier molecular flexibility index (Phi) is 4.34. The molecule has 0 aliphatic rings. The van der Waals surface area contributed by atoms with Gasteiger partial charge in [0.15, 0.2) is 0 Å². The average molecular weight is 267 g/mol. The Hall–Kier alpha value is -2.38. The van der Waals surface area contributed by atoms with Crippen LogP contribution in [0.5, 0.6) is 0 Å². The first kappa shape index (κ1) is 14.0. The highest BCUT2D eigenvalue weighted by Crippen LogP contribution is 2.24. The van der Waals surface area contributed by atoms with E-state index in [1.54, 1.807) is 0 Å². The quantitative estimate of drug-likeness (QED) is 0.893. The van der Waals surface area contributed by atoms with Crippen LogP contribution in [0.25, 0.3) is 0 Å². The van der Waals surface area contributed by atoms with E-state index in [1.807, 2.05) is 50.2 Å². The molecule has 0 aliphatic heterocycles. The van der Waals surface area contributed by atoms with Crippen LogP contribution >= 0.6 is 0 Å². The minimum Gasteiger partial charge on any atom is -0.394 e. The molecular formula is C16H17N3O. The second-order valence-corrected chi connectivity index (χ2v) is 4.67. The van der Waals surface area contributed by atoms with E-state index in [0.717, 1.165) is 11.3 Å². The molecular weight excluding hydrogens is 250 g/mol. The van der Waals surface area contributed by atoms with Gasteiger partial charge in [-0.15, -0.1) is 0 Å². The van der Waals surface area contributed by atoms with Gasteiger partial charge in [-0.25, -0.2) is 0 Å². The van der Waals surface area contributed by atoms with Crippen LogP contribution in [-0.2, 0) is 0 Å². The number of hydrogen-bond acceptors (Lipinski definition) is 4. The number of anilines is 1. The van der Waals surface area contributed by atoms with Crippen LogP contribution in [0.1, 0.15) is 28.6 Å². The van der Waals surface area contributed by atoms with Crippen molar-refractivity contribution in [2.24, 2.45) is 0 Å². The first-order valence-electron chi connectivity index (χ1n) is 6.46. The van der Waals surface area contributed by atoms with Crippen molar-refractivity contribution < 1.29 is 5.11 Å². The van der Waals surface area contributed by atoms with Gasteiger partial charge in [-0.3, -0.25) is 4.98 Å². The highest BCUT2D eigenvalue weighted by molar-refractivity contribution is 5.60. The standard InChI is InChI=1S/C16H17N3O/c1-11-8-15(14(9-17)12(2)18-11)19-16(10-20)13-6-4-3-5-7-13/h3-8,16,20H,10H2,1-2H3,(H,18,19). The predicted molar refractivity (Wildman–Crippen MR) is 78.3 cm³/mol. The molecule has 4 nitrogen and oxygen atoms in total. The van der Waals surface area contributed by atoms with Crippen molar-refractivity contribution in [1.82, 2.24) is 4.98 Å². The van der Waals surface area contributed by atoms with Crippen molar-refractivity contribution in [3.05, 3.63) is 58.9 Å². The number of pyridine rings is 1. The maximum Gasteiger partial charge on any atom is 0.103 e. The van der Waals surface area contributed by atoms with E-state index in [2.05, 4.69) is 16.4 Å². The van der Waals surface area contributed by atoms with Crippen LogP contribution in [0.4, 0.5) is 5.69 Å². The molecule has 0 fully saturated rings. The smallest absolute Gasteiger partial charge is 0.103 e. The molecule has 0 amide bonds. The minimum atomic E-state index is -0.246. The van der Waals surface area contributed by atoms with E-state index in [9.17, 15) is 10.4 Å². The van der Waals surface area contributed by atoms with Gasteiger partial charge in [-0.2, -0.15) is 5.26 Å². The summed E-state index contributed by atoms with van der Waals surface area (Å²) in [4.78, 5) is 4.29. The summed E-state index contributed by atoms with van der Waals surface area (Å²) in [5.74, 6) is 0. The molecule has 1 aromatic carbocycles. The van der Waals surface area contributed by atoms with Crippen molar-refractivity contribution in [2.45, 2.75) is 19.9 Å². The number of aryl methyl sites for hydroxylation is 2. The van der Waals surface area contributed by atoms with E-state index in [-0.39, 0.29) is 12.6 Å². The lowest BCUT2D eigenvalue weighted by molar-refractivity contribution is 0.276. The molecule has 0 bridgehead atoms. The normalized spacial score (nSPS) is 11.7. The maximum absolute atomic E-state index is 9.58. The molecule has 1 aromatic heterocycles. The minimum absolute atomic E-state index is 0.0463. The van der Waals surface area contributed by atoms with E-state index in [4.69, 9.17) is 0 Å². The summed E-state index contributed by atoms with van der Waals surface area (Å²) in [6, 6.07) is 13.4. The van der Waals surface area contributed by atoms with Gasteiger partial charge in [0.2, 0.25) is 0 Å². The van der Waals surface area contributed by atoms with Gasteiger partial charge in [0.05, 0.1) is 29.6 Å². The molecule has 20 heavy (non-hydrogen) atoms. The summed E-state index contributed by atoms with van der Waals surface area (Å²) < 4.78 is 0. The van der Waals surface area contributed by atoms with Crippen LogP contribution in [0, 0.1) is 25.2 Å². The molecule has 0 saturated heterocycles. The fraction of sp³-hybridized carbons (Fsp3) is 0.250. The summed E-state index contributed by atoms with van der Waals surface area (Å²) in [6.45, 7) is 3.65. The lowest BCUT2D eigenvalue weighted by Gasteiger charge is -2.19. The van der Waals surface area contributed by atoms with Crippen LogP contribution in [-0.4, -0.2) is 16.7 Å². The third kappa shape index (κ3) is 2.95. The second kappa shape index (κ2) is 6.18. The molecule has 2 rings (SSSR count). The molecule has 0 saturated carbocycles. The van der Waals surface area contributed by atoms with Crippen molar-refractivity contribution in [3.63, 3.8) is 0 Å². The molecule has 2 aromatic rings. The number of aliphatic hydroxyl groups excluding tert-OH is 1. The topological polar surface area (TPSA) is 68.9 Å². The third-order valence-electron chi connectivity index (χ3n) is 3.15. The number of hydrogen-bond donors (Lipinski definition) is 2. The number of nitrogens with zero attached hydrogens (tertiary/aromatic N) is 2.